The Kier molecular flexibility index (Phi) is 4.81. The molecule has 0 fully saturated rings. The minimum absolute atomic E-state index is 0.200. The lowest BCUT2D eigenvalue weighted by atomic mass is 9.96. The number of hydrogen-bond donors (Lipinski definition) is 2. The maximum atomic E-state index is 12.9. The van der Waals surface area contributed by atoms with Crippen LogP contribution >= 0.6 is 0 Å². The molecule has 1 aromatic carbocycles. The SMILES string of the molecule is CC(C)C(CN)CNc1cc(F)c(F)c(F)c1. The first-order valence-corrected chi connectivity index (χ1v) is 5.54. The first-order chi connectivity index (χ1) is 7.95. The van der Waals surface area contributed by atoms with Crippen LogP contribution in [0.2, 0.25) is 0 Å². The van der Waals surface area contributed by atoms with Crippen LogP contribution in [0.25, 0.3) is 0 Å². The number of benzene rings is 1. The standard InChI is InChI=1S/C12H17F3N2/c1-7(2)8(5-16)6-17-9-3-10(13)12(15)11(14)4-9/h3-4,7-8,17H,5-6,16H2,1-2H3. The summed E-state index contributed by atoms with van der Waals surface area (Å²) >= 11 is 0. The summed E-state index contributed by atoms with van der Waals surface area (Å²) < 4.78 is 38.6. The molecule has 0 aliphatic rings. The predicted molar refractivity (Wildman–Crippen MR) is 62.2 cm³/mol. The third-order valence-electron chi connectivity index (χ3n) is 2.80. The highest BCUT2D eigenvalue weighted by atomic mass is 19.2. The Balaban J connectivity index is 2.69. The molecule has 0 bridgehead atoms. The van der Waals surface area contributed by atoms with E-state index in [0.29, 0.717) is 19.0 Å². The highest BCUT2D eigenvalue weighted by Crippen LogP contribution is 2.18. The molecular weight excluding hydrogens is 229 g/mol. The fourth-order valence-electron chi connectivity index (χ4n) is 1.50. The van der Waals surface area contributed by atoms with Crippen molar-refractivity contribution < 1.29 is 13.2 Å². The van der Waals surface area contributed by atoms with Crippen LogP contribution in [0.3, 0.4) is 0 Å². The molecule has 0 aliphatic heterocycles. The van der Waals surface area contributed by atoms with Crippen molar-refractivity contribution in [2.45, 2.75) is 13.8 Å². The molecular formula is C12H17F3N2. The summed E-state index contributed by atoms with van der Waals surface area (Å²) in [5.41, 5.74) is 5.80. The Morgan fingerprint density at radius 1 is 1.18 bits per heavy atom. The van der Waals surface area contributed by atoms with Crippen molar-refractivity contribution in [1.29, 1.82) is 0 Å². The molecule has 0 saturated carbocycles. The van der Waals surface area contributed by atoms with Crippen molar-refractivity contribution >= 4 is 5.69 Å². The molecule has 5 heteroatoms. The zero-order valence-corrected chi connectivity index (χ0v) is 9.93. The summed E-state index contributed by atoms with van der Waals surface area (Å²) in [6.45, 7) is 5.02. The van der Waals surface area contributed by atoms with Gasteiger partial charge in [0.1, 0.15) is 0 Å². The van der Waals surface area contributed by atoms with Crippen molar-refractivity contribution in [3.8, 4) is 0 Å². The molecule has 96 valence electrons. The van der Waals surface area contributed by atoms with Crippen LogP contribution in [0.1, 0.15) is 13.8 Å². The van der Waals surface area contributed by atoms with Gasteiger partial charge in [-0.25, -0.2) is 13.2 Å². The number of rotatable bonds is 5. The quantitative estimate of drug-likeness (QED) is 0.784. The van der Waals surface area contributed by atoms with Gasteiger partial charge in [0.15, 0.2) is 17.5 Å². The first kappa shape index (κ1) is 13.8. The molecule has 3 N–H and O–H groups in total. The molecule has 0 aromatic heterocycles. The third-order valence-corrected chi connectivity index (χ3v) is 2.80. The van der Waals surface area contributed by atoms with Crippen LogP contribution in [-0.4, -0.2) is 13.1 Å². The molecule has 1 unspecified atom stereocenters. The van der Waals surface area contributed by atoms with E-state index in [1.165, 1.54) is 0 Å². The lowest BCUT2D eigenvalue weighted by Gasteiger charge is -2.20. The van der Waals surface area contributed by atoms with Crippen molar-refractivity contribution in [2.24, 2.45) is 17.6 Å². The Labute approximate surface area is 99.0 Å². The normalized spacial score (nSPS) is 12.9. The van der Waals surface area contributed by atoms with Crippen molar-refractivity contribution in [1.82, 2.24) is 0 Å². The number of nitrogens with one attached hydrogen (secondary N) is 1. The fourth-order valence-corrected chi connectivity index (χ4v) is 1.50. The Hall–Kier alpha value is -1.23. The molecule has 1 atom stereocenters. The number of anilines is 1. The fraction of sp³-hybridized carbons (Fsp3) is 0.500. The van der Waals surface area contributed by atoms with Gasteiger partial charge >= 0.3 is 0 Å². The summed E-state index contributed by atoms with van der Waals surface area (Å²) in [6.07, 6.45) is 0. The number of hydrogen-bond acceptors (Lipinski definition) is 2. The van der Waals surface area contributed by atoms with Gasteiger partial charge < -0.3 is 11.1 Å². The van der Waals surface area contributed by atoms with E-state index in [9.17, 15) is 13.2 Å². The Morgan fingerprint density at radius 3 is 2.12 bits per heavy atom. The van der Waals surface area contributed by atoms with Crippen LogP contribution < -0.4 is 11.1 Å². The van der Waals surface area contributed by atoms with Gasteiger partial charge in [-0.3, -0.25) is 0 Å². The van der Waals surface area contributed by atoms with E-state index < -0.39 is 17.5 Å². The topological polar surface area (TPSA) is 38.0 Å². The average Bonchev–Trinajstić information content (AvgIpc) is 2.26. The minimum Gasteiger partial charge on any atom is -0.385 e. The molecule has 17 heavy (non-hydrogen) atoms. The Morgan fingerprint density at radius 2 is 1.71 bits per heavy atom. The molecule has 0 radical (unpaired) electrons. The number of nitrogens with two attached hydrogens (primary N) is 1. The summed E-state index contributed by atoms with van der Waals surface area (Å²) in [7, 11) is 0. The van der Waals surface area contributed by atoms with Crippen molar-refractivity contribution in [3.63, 3.8) is 0 Å². The van der Waals surface area contributed by atoms with Gasteiger partial charge in [-0.15, -0.1) is 0 Å². The summed E-state index contributed by atoms with van der Waals surface area (Å²) in [5, 5.41) is 2.86. The smallest absolute Gasteiger partial charge is 0.194 e. The second-order valence-electron chi connectivity index (χ2n) is 4.37. The zero-order valence-electron chi connectivity index (χ0n) is 9.93. The molecule has 1 aromatic rings. The van der Waals surface area contributed by atoms with E-state index >= 15 is 0 Å². The molecule has 0 aliphatic carbocycles. The molecule has 1 rings (SSSR count). The molecule has 0 spiro atoms. The van der Waals surface area contributed by atoms with Crippen molar-refractivity contribution in [2.75, 3.05) is 18.4 Å². The largest absolute Gasteiger partial charge is 0.385 e. The van der Waals surface area contributed by atoms with E-state index in [4.69, 9.17) is 5.73 Å². The second-order valence-corrected chi connectivity index (χ2v) is 4.37. The summed E-state index contributed by atoms with van der Waals surface area (Å²) in [6, 6.07) is 1.87. The highest BCUT2D eigenvalue weighted by Gasteiger charge is 2.13. The summed E-state index contributed by atoms with van der Waals surface area (Å²) in [4.78, 5) is 0. The second kappa shape index (κ2) is 5.91. The first-order valence-electron chi connectivity index (χ1n) is 5.54. The number of halogens is 3. The van der Waals surface area contributed by atoms with Crippen LogP contribution in [0.5, 0.6) is 0 Å². The lowest BCUT2D eigenvalue weighted by Crippen LogP contribution is -2.27. The predicted octanol–water partition coefficient (Wildman–Crippen LogP) is 2.75. The van der Waals surface area contributed by atoms with E-state index in [1.807, 2.05) is 13.8 Å². The van der Waals surface area contributed by atoms with Gasteiger partial charge in [0.2, 0.25) is 0 Å². The van der Waals surface area contributed by atoms with Gasteiger partial charge in [-0.2, -0.15) is 0 Å². The van der Waals surface area contributed by atoms with E-state index in [-0.39, 0.29) is 11.6 Å². The molecule has 0 saturated heterocycles. The van der Waals surface area contributed by atoms with Crippen LogP contribution in [0, 0.1) is 29.3 Å². The highest BCUT2D eigenvalue weighted by molar-refractivity contribution is 5.44. The van der Waals surface area contributed by atoms with Crippen LogP contribution in [0.15, 0.2) is 12.1 Å². The molecule has 0 heterocycles. The van der Waals surface area contributed by atoms with E-state index in [0.717, 1.165) is 12.1 Å². The zero-order chi connectivity index (χ0) is 13.0. The average molecular weight is 246 g/mol. The summed E-state index contributed by atoms with van der Waals surface area (Å²) in [5.74, 6) is -3.27. The maximum absolute atomic E-state index is 12.9. The van der Waals surface area contributed by atoms with Gasteiger partial charge in [-0.1, -0.05) is 13.8 Å². The monoisotopic (exact) mass is 246 g/mol. The van der Waals surface area contributed by atoms with E-state index in [1.54, 1.807) is 0 Å². The van der Waals surface area contributed by atoms with Crippen molar-refractivity contribution in [3.05, 3.63) is 29.6 Å². The van der Waals surface area contributed by atoms with Gasteiger partial charge in [0.05, 0.1) is 0 Å². The molecule has 2 nitrogen and oxygen atoms in total. The third kappa shape index (κ3) is 3.63. The van der Waals surface area contributed by atoms with Gasteiger partial charge in [-0.05, 0) is 18.4 Å². The Bertz CT molecular complexity index is 357. The minimum atomic E-state index is -1.45. The van der Waals surface area contributed by atoms with E-state index in [2.05, 4.69) is 5.32 Å². The van der Waals surface area contributed by atoms with Gasteiger partial charge in [0, 0.05) is 24.4 Å². The van der Waals surface area contributed by atoms with Crippen LogP contribution in [-0.2, 0) is 0 Å². The lowest BCUT2D eigenvalue weighted by molar-refractivity contribution is 0.412. The maximum Gasteiger partial charge on any atom is 0.194 e. The molecule has 0 amide bonds. The van der Waals surface area contributed by atoms with Crippen LogP contribution in [0.4, 0.5) is 18.9 Å². The van der Waals surface area contributed by atoms with Gasteiger partial charge in [0.25, 0.3) is 0 Å².